The van der Waals surface area contributed by atoms with Crippen molar-refractivity contribution in [3.8, 4) is 5.75 Å². The highest BCUT2D eigenvalue weighted by atomic mass is 19.2. The van der Waals surface area contributed by atoms with E-state index in [-0.39, 0.29) is 12.1 Å². The molecule has 2 aromatic carbocycles. The fourth-order valence-electron chi connectivity index (χ4n) is 4.15. The van der Waals surface area contributed by atoms with Gasteiger partial charge in [-0.05, 0) is 37.8 Å². The maximum absolute atomic E-state index is 13.7. The molecule has 192 valence electrons. The van der Waals surface area contributed by atoms with Crippen molar-refractivity contribution < 1.29 is 31.5 Å². The van der Waals surface area contributed by atoms with Gasteiger partial charge in [0.15, 0.2) is 12.4 Å². The summed E-state index contributed by atoms with van der Waals surface area (Å²) in [6, 6.07) is 7.54. The average Bonchev–Trinajstić information content (AvgIpc) is 2.87. The van der Waals surface area contributed by atoms with Crippen LogP contribution in [0.4, 0.5) is 33.7 Å². The number of hydrogen-bond acceptors (Lipinski definition) is 6. The number of rotatable bonds is 7. The van der Waals surface area contributed by atoms with Gasteiger partial charge in [0.1, 0.15) is 5.82 Å². The second-order valence-corrected chi connectivity index (χ2v) is 8.73. The van der Waals surface area contributed by atoms with Crippen molar-refractivity contribution in [2.45, 2.75) is 37.8 Å². The Kier molecular flexibility index (Phi) is 7.41. The van der Waals surface area contributed by atoms with E-state index in [4.69, 9.17) is 0 Å². The van der Waals surface area contributed by atoms with Crippen molar-refractivity contribution in [1.82, 2.24) is 15.3 Å². The zero-order chi connectivity index (χ0) is 26.0. The van der Waals surface area contributed by atoms with E-state index < -0.39 is 47.3 Å². The number of nitrogens with zero attached hydrogens (tertiary/aromatic N) is 3. The number of carbonyl (C=O) groups is 1. The summed E-state index contributed by atoms with van der Waals surface area (Å²) in [5.41, 5.74) is 0.813. The molecule has 0 saturated heterocycles. The molecular weight excluding hydrogens is 485 g/mol. The molecule has 0 atom stereocenters. The summed E-state index contributed by atoms with van der Waals surface area (Å²) in [6.45, 7) is -0.894. The molecule has 1 amide bonds. The van der Waals surface area contributed by atoms with Gasteiger partial charge in [0.25, 0.3) is 5.91 Å². The monoisotopic (exact) mass is 509 g/mol. The van der Waals surface area contributed by atoms with Crippen LogP contribution in [0.5, 0.6) is 5.75 Å². The van der Waals surface area contributed by atoms with E-state index >= 15 is 0 Å². The van der Waals surface area contributed by atoms with Crippen LogP contribution in [-0.4, -0.2) is 48.7 Å². The third-order valence-electron chi connectivity index (χ3n) is 5.95. The van der Waals surface area contributed by atoms with E-state index in [2.05, 4.69) is 25.3 Å². The van der Waals surface area contributed by atoms with Crippen molar-refractivity contribution in [2.75, 3.05) is 30.9 Å². The molecule has 3 aromatic rings. The summed E-state index contributed by atoms with van der Waals surface area (Å²) in [7, 11) is 3.81. The number of aromatic nitrogens is 2. The van der Waals surface area contributed by atoms with Gasteiger partial charge in [-0.2, -0.15) is 13.8 Å². The van der Waals surface area contributed by atoms with Crippen LogP contribution in [0.2, 0.25) is 0 Å². The van der Waals surface area contributed by atoms with Gasteiger partial charge in [0.05, 0.1) is 5.52 Å². The minimum Gasteiger partial charge on any atom is -0.477 e. The van der Waals surface area contributed by atoms with E-state index in [1.54, 1.807) is 0 Å². The molecule has 1 saturated carbocycles. The van der Waals surface area contributed by atoms with Crippen molar-refractivity contribution in [2.24, 2.45) is 0 Å². The number of fused-ring (bicyclic) bond motifs is 1. The summed E-state index contributed by atoms with van der Waals surface area (Å²) < 4.78 is 71.7. The largest absolute Gasteiger partial charge is 0.477 e. The molecule has 0 radical (unpaired) electrons. The number of anilines is 2. The molecule has 7 nitrogen and oxygen atoms in total. The number of benzene rings is 2. The summed E-state index contributed by atoms with van der Waals surface area (Å²) in [5.74, 6) is -11.7. The van der Waals surface area contributed by atoms with Gasteiger partial charge in [-0.25, -0.2) is 18.2 Å². The van der Waals surface area contributed by atoms with E-state index in [1.807, 2.05) is 43.3 Å². The maximum Gasteiger partial charge on any atom is 0.258 e. The molecule has 0 unspecified atom stereocenters. The molecule has 12 heteroatoms. The predicted molar refractivity (Wildman–Crippen MR) is 123 cm³/mol. The van der Waals surface area contributed by atoms with Gasteiger partial charge in [-0.3, -0.25) is 4.79 Å². The molecule has 1 aliphatic carbocycles. The van der Waals surface area contributed by atoms with Gasteiger partial charge in [-0.15, -0.1) is 0 Å². The van der Waals surface area contributed by atoms with Gasteiger partial charge in [-0.1, -0.05) is 12.1 Å². The maximum atomic E-state index is 13.7. The molecule has 4 rings (SSSR count). The van der Waals surface area contributed by atoms with Crippen LogP contribution >= 0.6 is 0 Å². The van der Waals surface area contributed by atoms with Crippen LogP contribution in [0.3, 0.4) is 0 Å². The molecule has 36 heavy (non-hydrogen) atoms. The molecule has 1 aromatic heterocycles. The summed E-state index contributed by atoms with van der Waals surface area (Å²) in [4.78, 5) is 23.3. The lowest BCUT2D eigenvalue weighted by molar-refractivity contribution is -0.124. The Morgan fingerprint density at radius 3 is 2.14 bits per heavy atom. The number of para-hydroxylation sites is 1. The Morgan fingerprint density at radius 1 is 0.917 bits per heavy atom. The van der Waals surface area contributed by atoms with E-state index in [1.165, 1.54) is 0 Å². The SMILES string of the molecule is CN(C)c1nc(N[C@H]2CC[C@@H](NC(=O)COc3c(F)c(F)c(F)c(F)c3F)CC2)nc2ccccc12. The fourth-order valence-corrected chi connectivity index (χ4v) is 4.15. The Balaban J connectivity index is 1.31. The molecule has 0 aliphatic heterocycles. The Morgan fingerprint density at radius 2 is 1.50 bits per heavy atom. The van der Waals surface area contributed by atoms with Gasteiger partial charge < -0.3 is 20.3 Å². The van der Waals surface area contributed by atoms with Crippen LogP contribution in [0.1, 0.15) is 25.7 Å². The first-order valence-corrected chi connectivity index (χ1v) is 11.3. The minimum absolute atomic E-state index is 0.0685. The molecule has 1 fully saturated rings. The normalized spacial score (nSPS) is 17.6. The highest BCUT2D eigenvalue weighted by molar-refractivity contribution is 5.90. The van der Waals surface area contributed by atoms with E-state index in [9.17, 15) is 26.7 Å². The van der Waals surface area contributed by atoms with Gasteiger partial charge in [0, 0.05) is 31.6 Å². The standard InChI is InChI=1S/C24H24F5N5O2/c1-34(2)23-14-5-3-4-6-15(14)32-24(33-23)31-13-9-7-12(8-10-13)30-16(35)11-36-22-20(28)18(26)17(25)19(27)21(22)29/h3-6,12-13H,7-11H2,1-2H3,(H,30,35)(H,31,32,33)/t12-,13+. The number of nitrogens with one attached hydrogen (secondary N) is 2. The lowest BCUT2D eigenvalue weighted by atomic mass is 9.91. The van der Waals surface area contributed by atoms with Crippen molar-refractivity contribution in [3.63, 3.8) is 0 Å². The van der Waals surface area contributed by atoms with Crippen molar-refractivity contribution in [3.05, 3.63) is 53.4 Å². The average molecular weight is 509 g/mol. The molecule has 0 bridgehead atoms. The third kappa shape index (κ3) is 5.26. The van der Waals surface area contributed by atoms with E-state index in [0.29, 0.717) is 31.6 Å². The lowest BCUT2D eigenvalue weighted by Gasteiger charge is -2.30. The van der Waals surface area contributed by atoms with Crippen LogP contribution in [-0.2, 0) is 4.79 Å². The second-order valence-electron chi connectivity index (χ2n) is 8.73. The van der Waals surface area contributed by atoms with Gasteiger partial charge >= 0.3 is 0 Å². The molecule has 2 N–H and O–H groups in total. The molecule has 1 aliphatic rings. The number of amides is 1. The second kappa shape index (κ2) is 10.5. The predicted octanol–water partition coefficient (Wildman–Crippen LogP) is 4.31. The fraction of sp³-hybridized carbons (Fsp3) is 0.375. The Labute approximate surface area is 203 Å². The van der Waals surface area contributed by atoms with E-state index in [0.717, 1.165) is 16.7 Å². The number of halogens is 5. The quantitative estimate of drug-likeness (QED) is 0.281. The topological polar surface area (TPSA) is 79.4 Å². The summed E-state index contributed by atoms with van der Waals surface area (Å²) in [6.07, 6.45) is 2.58. The molecular formula is C24H24F5N5O2. The molecule has 0 spiro atoms. The van der Waals surface area contributed by atoms with Crippen LogP contribution < -0.4 is 20.3 Å². The van der Waals surface area contributed by atoms with Crippen LogP contribution in [0.25, 0.3) is 10.9 Å². The number of ether oxygens (including phenoxy) is 1. The first kappa shape index (κ1) is 25.4. The Bertz CT molecular complexity index is 1250. The highest BCUT2D eigenvalue weighted by Gasteiger charge is 2.28. The smallest absolute Gasteiger partial charge is 0.258 e. The first-order valence-electron chi connectivity index (χ1n) is 11.3. The zero-order valence-corrected chi connectivity index (χ0v) is 19.5. The Hall–Kier alpha value is -3.70. The minimum atomic E-state index is -2.29. The summed E-state index contributed by atoms with van der Waals surface area (Å²) in [5, 5.41) is 6.95. The number of hydrogen-bond donors (Lipinski definition) is 2. The van der Waals surface area contributed by atoms with Crippen molar-refractivity contribution >= 4 is 28.6 Å². The van der Waals surface area contributed by atoms with Crippen molar-refractivity contribution in [1.29, 1.82) is 0 Å². The molecule has 1 heterocycles. The lowest BCUT2D eigenvalue weighted by Crippen LogP contribution is -2.42. The highest BCUT2D eigenvalue weighted by Crippen LogP contribution is 2.29. The van der Waals surface area contributed by atoms with Crippen LogP contribution in [0, 0.1) is 29.1 Å². The van der Waals surface area contributed by atoms with Gasteiger partial charge in [0.2, 0.25) is 35.0 Å². The van der Waals surface area contributed by atoms with Crippen LogP contribution in [0.15, 0.2) is 24.3 Å². The first-order chi connectivity index (χ1) is 17.2. The third-order valence-corrected chi connectivity index (χ3v) is 5.95. The zero-order valence-electron chi connectivity index (χ0n) is 19.5. The number of carbonyl (C=O) groups excluding carboxylic acids is 1. The summed E-state index contributed by atoms with van der Waals surface area (Å²) >= 11 is 0.